The number of aromatic nitrogens is 2. The first-order valence-corrected chi connectivity index (χ1v) is 6.35. The summed E-state index contributed by atoms with van der Waals surface area (Å²) in [6.45, 7) is 1.86. The number of phenolic OH excluding ortho intramolecular Hbond substituents is 1. The number of aryl methyl sites for hydroxylation is 1. The molecule has 0 aliphatic heterocycles. The first kappa shape index (κ1) is 12.8. The molecule has 0 aliphatic rings. The standard InChI is InChI=1S/C15H10ClFN2O/c1-8-2-4-12(17)10(6-8)15-18-13-5-3-9(20)7-11(13)14(16)19-15/h2-7,20H,1H3. The van der Waals surface area contributed by atoms with Gasteiger partial charge in [0.1, 0.15) is 16.7 Å². The van der Waals surface area contributed by atoms with E-state index in [4.69, 9.17) is 11.6 Å². The topological polar surface area (TPSA) is 46.0 Å². The third-order valence-electron chi connectivity index (χ3n) is 3.00. The lowest BCUT2D eigenvalue weighted by Crippen LogP contribution is -1.95. The highest BCUT2D eigenvalue weighted by Crippen LogP contribution is 2.28. The van der Waals surface area contributed by atoms with Crippen molar-refractivity contribution in [1.82, 2.24) is 9.97 Å². The van der Waals surface area contributed by atoms with Crippen molar-refractivity contribution in [1.29, 1.82) is 0 Å². The molecule has 0 saturated heterocycles. The molecule has 0 fully saturated rings. The average Bonchev–Trinajstić information content (AvgIpc) is 2.42. The molecule has 5 heteroatoms. The zero-order valence-corrected chi connectivity index (χ0v) is 11.3. The number of aromatic hydroxyl groups is 1. The maximum Gasteiger partial charge on any atom is 0.164 e. The van der Waals surface area contributed by atoms with Gasteiger partial charge in [-0.25, -0.2) is 14.4 Å². The predicted molar refractivity (Wildman–Crippen MR) is 76.3 cm³/mol. The van der Waals surface area contributed by atoms with E-state index in [1.807, 2.05) is 6.92 Å². The monoisotopic (exact) mass is 288 g/mol. The molecule has 0 amide bonds. The number of rotatable bonds is 1. The molecule has 3 rings (SSSR count). The van der Waals surface area contributed by atoms with E-state index in [9.17, 15) is 9.50 Å². The zero-order valence-electron chi connectivity index (χ0n) is 10.6. The summed E-state index contributed by atoms with van der Waals surface area (Å²) in [5, 5.41) is 10.2. The summed E-state index contributed by atoms with van der Waals surface area (Å²) in [6, 6.07) is 9.33. The molecule has 1 N–H and O–H groups in total. The predicted octanol–water partition coefficient (Wildman–Crippen LogP) is 4.10. The summed E-state index contributed by atoms with van der Waals surface area (Å²) in [4.78, 5) is 8.42. The Balaban J connectivity index is 2.27. The van der Waals surface area contributed by atoms with Crippen LogP contribution in [0.2, 0.25) is 5.15 Å². The van der Waals surface area contributed by atoms with E-state index >= 15 is 0 Å². The lowest BCUT2D eigenvalue weighted by molar-refractivity contribution is 0.476. The van der Waals surface area contributed by atoms with Crippen molar-refractivity contribution >= 4 is 22.5 Å². The van der Waals surface area contributed by atoms with E-state index in [-0.39, 0.29) is 16.7 Å². The van der Waals surface area contributed by atoms with Crippen LogP contribution in [0.4, 0.5) is 4.39 Å². The third kappa shape index (κ3) is 2.18. The van der Waals surface area contributed by atoms with Crippen LogP contribution in [0.5, 0.6) is 5.75 Å². The molecular formula is C15H10ClFN2O. The van der Waals surface area contributed by atoms with Gasteiger partial charge in [-0.1, -0.05) is 23.2 Å². The number of fused-ring (bicyclic) bond motifs is 1. The molecule has 0 saturated carbocycles. The molecule has 1 aromatic heterocycles. The van der Waals surface area contributed by atoms with E-state index in [1.54, 1.807) is 18.2 Å². The van der Waals surface area contributed by atoms with Gasteiger partial charge in [0.15, 0.2) is 5.82 Å². The molecule has 0 spiro atoms. The number of nitrogens with zero attached hydrogens (tertiary/aromatic N) is 2. The highest BCUT2D eigenvalue weighted by atomic mass is 35.5. The summed E-state index contributed by atoms with van der Waals surface area (Å²) >= 11 is 6.09. The second-order valence-corrected chi connectivity index (χ2v) is 4.88. The number of hydrogen-bond donors (Lipinski definition) is 1. The highest BCUT2D eigenvalue weighted by Gasteiger charge is 2.12. The van der Waals surface area contributed by atoms with Gasteiger partial charge in [-0.05, 0) is 37.3 Å². The van der Waals surface area contributed by atoms with Crippen molar-refractivity contribution in [2.75, 3.05) is 0 Å². The molecule has 2 aromatic carbocycles. The maximum absolute atomic E-state index is 13.9. The Labute approximate surface area is 119 Å². The van der Waals surface area contributed by atoms with E-state index in [0.29, 0.717) is 16.5 Å². The van der Waals surface area contributed by atoms with Crippen LogP contribution in [0.15, 0.2) is 36.4 Å². The minimum atomic E-state index is -0.398. The summed E-state index contributed by atoms with van der Waals surface area (Å²) < 4.78 is 13.9. The Hall–Kier alpha value is -2.20. The van der Waals surface area contributed by atoms with Gasteiger partial charge in [0.2, 0.25) is 0 Å². The summed E-state index contributed by atoms with van der Waals surface area (Å²) in [6.07, 6.45) is 0. The Bertz CT molecular complexity index is 820. The smallest absolute Gasteiger partial charge is 0.164 e. The van der Waals surface area contributed by atoms with Crippen LogP contribution in [0, 0.1) is 12.7 Å². The molecule has 0 bridgehead atoms. The lowest BCUT2D eigenvalue weighted by Gasteiger charge is -2.06. The minimum absolute atomic E-state index is 0.0810. The molecule has 3 nitrogen and oxygen atoms in total. The first-order chi connectivity index (χ1) is 9.54. The number of phenols is 1. The molecule has 1 heterocycles. The van der Waals surface area contributed by atoms with Crippen LogP contribution in [-0.2, 0) is 0 Å². The van der Waals surface area contributed by atoms with Crippen LogP contribution in [0.3, 0.4) is 0 Å². The van der Waals surface area contributed by atoms with Gasteiger partial charge in [-0.15, -0.1) is 0 Å². The molecule has 0 atom stereocenters. The molecule has 20 heavy (non-hydrogen) atoms. The van der Waals surface area contributed by atoms with Gasteiger partial charge < -0.3 is 5.11 Å². The Morgan fingerprint density at radius 3 is 2.70 bits per heavy atom. The van der Waals surface area contributed by atoms with Crippen molar-refractivity contribution in [2.45, 2.75) is 6.92 Å². The van der Waals surface area contributed by atoms with Crippen molar-refractivity contribution < 1.29 is 9.50 Å². The van der Waals surface area contributed by atoms with Gasteiger partial charge in [0.25, 0.3) is 0 Å². The second-order valence-electron chi connectivity index (χ2n) is 4.52. The van der Waals surface area contributed by atoms with Crippen LogP contribution in [-0.4, -0.2) is 15.1 Å². The van der Waals surface area contributed by atoms with Crippen molar-refractivity contribution in [3.8, 4) is 17.1 Å². The Morgan fingerprint density at radius 2 is 1.90 bits per heavy atom. The summed E-state index contributed by atoms with van der Waals surface area (Å²) in [7, 11) is 0. The van der Waals surface area contributed by atoms with Gasteiger partial charge in [0.05, 0.1) is 11.1 Å². The van der Waals surface area contributed by atoms with Crippen molar-refractivity contribution in [3.05, 3.63) is 52.9 Å². The van der Waals surface area contributed by atoms with Crippen LogP contribution < -0.4 is 0 Å². The third-order valence-corrected chi connectivity index (χ3v) is 3.28. The van der Waals surface area contributed by atoms with Crippen LogP contribution >= 0.6 is 11.6 Å². The Kier molecular flexibility index (Phi) is 3.03. The van der Waals surface area contributed by atoms with E-state index in [0.717, 1.165) is 5.56 Å². The zero-order chi connectivity index (χ0) is 14.3. The lowest BCUT2D eigenvalue weighted by atomic mass is 10.1. The van der Waals surface area contributed by atoms with Gasteiger partial charge >= 0.3 is 0 Å². The quantitative estimate of drug-likeness (QED) is 0.686. The normalized spacial score (nSPS) is 10.9. The first-order valence-electron chi connectivity index (χ1n) is 5.97. The summed E-state index contributed by atoms with van der Waals surface area (Å²) in [5.41, 5.74) is 1.77. The van der Waals surface area contributed by atoms with Crippen LogP contribution in [0.25, 0.3) is 22.3 Å². The highest BCUT2D eigenvalue weighted by molar-refractivity contribution is 6.34. The molecule has 0 radical (unpaired) electrons. The van der Waals surface area contributed by atoms with E-state index < -0.39 is 5.82 Å². The SMILES string of the molecule is Cc1ccc(F)c(-c2nc(Cl)c3cc(O)ccc3n2)c1. The Morgan fingerprint density at radius 1 is 1.10 bits per heavy atom. The number of benzene rings is 2. The van der Waals surface area contributed by atoms with E-state index in [2.05, 4.69) is 9.97 Å². The summed E-state index contributed by atoms with van der Waals surface area (Å²) in [5.74, 6) is -0.0864. The fourth-order valence-corrected chi connectivity index (χ4v) is 2.24. The molecular weight excluding hydrogens is 279 g/mol. The van der Waals surface area contributed by atoms with Gasteiger partial charge in [-0.3, -0.25) is 0 Å². The van der Waals surface area contributed by atoms with Crippen LogP contribution in [0.1, 0.15) is 5.56 Å². The van der Waals surface area contributed by atoms with Gasteiger partial charge in [-0.2, -0.15) is 0 Å². The number of hydrogen-bond acceptors (Lipinski definition) is 3. The van der Waals surface area contributed by atoms with Crippen molar-refractivity contribution in [2.24, 2.45) is 0 Å². The largest absolute Gasteiger partial charge is 0.508 e. The molecule has 100 valence electrons. The van der Waals surface area contributed by atoms with E-state index in [1.165, 1.54) is 18.2 Å². The fraction of sp³-hybridized carbons (Fsp3) is 0.0667. The van der Waals surface area contributed by atoms with Crippen molar-refractivity contribution in [3.63, 3.8) is 0 Å². The molecule has 0 unspecified atom stereocenters. The minimum Gasteiger partial charge on any atom is -0.508 e. The number of halogens is 2. The van der Waals surface area contributed by atoms with Gasteiger partial charge in [0, 0.05) is 5.39 Å². The molecule has 0 aliphatic carbocycles. The fourth-order valence-electron chi connectivity index (χ4n) is 2.01. The maximum atomic E-state index is 13.9. The molecule has 3 aromatic rings. The average molecular weight is 289 g/mol. The second kappa shape index (κ2) is 4.72.